The highest BCUT2D eigenvalue weighted by Crippen LogP contribution is 2.08. The highest BCUT2D eigenvalue weighted by atomic mass is 16.4. The normalized spacial score (nSPS) is 16.7. The number of aliphatic hydroxyl groups excluding tert-OH is 5. The molecule has 0 spiro atoms. The van der Waals surface area contributed by atoms with Crippen LogP contribution in [0.1, 0.15) is 5.56 Å². The van der Waals surface area contributed by atoms with E-state index in [0.717, 1.165) is 5.56 Å². The molecule has 0 heterocycles. The molecule has 1 aromatic carbocycles. The zero-order chi connectivity index (χ0) is 16.0. The number of nitrogens with one attached hydrogen (secondary N) is 2. The van der Waals surface area contributed by atoms with Gasteiger partial charge in [0.2, 0.25) is 0 Å². The van der Waals surface area contributed by atoms with Gasteiger partial charge in [-0.1, -0.05) is 17.7 Å². The van der Waals surface area contributed by atoms with E-state index in [-0.39, 0.29) is 0 Å². The lowest BCUT2D eigenvalue weighted by Crippen LogP contribution is -2.52. The summed E-state index contributed by atoms with van der Waals surface area (Å²) in [6.07, 6.45) is -7.42. The molecule has 0 saturated carbocycles. The molecular formula is C13H20N2O6. The number of hydrogen-bond acceptors (Lipinski definition) is 7. The Hall–Kier alpha value is -1.71. The minimum Gasteiger partial charge on any atom is -0.394 e. The number of carbonyl (C=O) groups is 1. The van der Waals surface area contributed by atoms with Gasteiger partial charge >= 0.3 is 0 Å². The first-order valence-corrected chi connectivity index (χ1v) is 6.32. The van der Waals surface area contributed by atoms with Gasteiger partial charge in [-0.3, -0.25) is 15.6 Å². The Balaban J connectivity index is 2.52. The van der Waals surface area contributed by atoms with Crippen molar-refractivity contribution in [2.75, 3.05) is 12.0 Å². The summed E-state index contributed by atoms with van der Waals surface area (Å²) in [6, 6.07) is 7.01. The van der Waals surface area contributed by atoms with Crippen LogP contribution in [0.25, 0.3) is 0 Å². The van der Waals surface area contributed by atoms with Gasteiger partial charge in [-0.2, -0.15) is 0 Å². The summed E-state index contributed by atoms with van der Waals surface area (Å²) in [7, 11) is 0. The number of aliphatic hydroxyl groups is 5. The lowest BCUT2D eigenvalue weighted by Gasteiger charge is -2.25. The van der Waals surface area contributed by atoms with Crippen LogP contribution in [0.15, 0.2) is 24.3 Å². The number of anilines is 1. The smallest absolute Gasteiger partial charge is 0.269 e. The summed E-state index contributed by atoms with van der Waals surface area (Å²) < 4.78 is 0. The first kappa shape index (κ1) is 17.3. The van der Waals surface area contributed by atoms with Crippen LogP contribution in [0.3, 0.4) is 0 Å². The monoisotopic (exact) mass is 300 g/mol. The number of aryl methyl sites for hydroxylation is 1. The van der Waals surface area contributed by atoms with Crippen molar-refractivity contribution in [2.24, 2.45) is 0 Å². The van der Waals surface area contributed by atoms with E-state index in [1.807, 2.05) is 6.92 Å². The van der Waals surface area contributed by atoms with E-state index in [1.54, 1.807) is 24.3 Å². The maximum Gasteiger partial charge on any atom is 0.269 e. The lowest BCUT2D eigenvalue weighted by atomic mass is 10.0. The molecule has 0 bridgehead atoms. The second kappa shape index (κ2) is 7.91. The van der Waals surface area contributed by atoms with Crippen molar-refractivity contribution >= 4 is 11.6 Å². The van der Waals surface area contributed by atoms with E-state index < -0.39 is 36.9 Å². The van der Waals surface area contributed by atoms with Crippen LogP contribution in [0.2, 0.25) is 0 Å². The van der Waals surface area contributed by atoms with E-state index in [1.165, 1.54) is 0 Å². The number of amides is 1. The van der Waals surface area contributed by atoms with E-state index in [9.17, 15) is 20.1 Å². The standard InChI is InChI=1S/C13H20N2O6/c1-7-2-4-8(5-3-7)14-15-13(21)12(20)11(19)10(18)9(17)6-16/h2-5,9-12,14,16-20H,6H2,1H3,(H,15,21)/t9-,10-,11+,12-/m1/s1. The molecule has 7 N–H and O–H groups in total. The molecule has 4 atom stereocenters. The summed E-state index contributed by atoms with van der Waals surface area (Å²) in [5.41, 5.74) is 6.27. The van der Waals surface area contributed by atoms with E-state index in [0.29, 0.717) is 5.69 Å². The molecule has 0 unspecified atom stereocenters. The summed E-state index contributed by atoms with van der Waals surface area (Å²) in [5.74, 6) is -0.993. The van der Waals surface area contributed by atoms with Gasteiger partial charge in [0.05, 0.1) is 12.3 Å². The van der Waals surface area contributed by atoms with Gasteiger partial charge in [0, 0.05) is 0 Å². The minimum atomic E-state index is -1.97. The van der Waals surface area contributed by atoms with Crippen LogP contribution in [0.4, 0.5) is 5.69 Å². The average molecular weight is 300 g/mol. The third kappa shape index (κ3) is 4.96. The van der Waals surface area contributed by atoms with Gasteiger partial charge in [-0.05, 0) is 19.1 Å². The number of carbonyl (C=O) groups excluding carboxylic acids is 1. The van der Waals surface area contributed by atoms with Crippen LogP contribution in [0, 0.1) is 6.92 Å². The SMILES string of the molecule is Cc1ccc(NNC(=O)[C@H](O)[C@@H](O)[C@H](O)[C@H](O)CO)cc1. The second-order valence-electron chi connectivity index (χ2n) is 4.66. The van der Waals surface area contributed by atoms with Gasteiger partial charge in [0.15, 0.2) is 6.10 Å². The van der Waals surface area contributed by atoms with Gasteiger partial charge in [0.1, 0.15) is 18.3 Å². The quantitative estimate of drug-likeness (QED) is 0.285. The maximum atomic E-state index is 11.6. The predicted octanol–water partition coefficient (Wildman–Crippen LogP) is -2.13. The number of hydrazine groups is 1. The molecule has 0 fully saturated rings. The molecule has 118 valence electrons. The Morgan fingerprint density at radius 2 is 1.67 bits per heavy atom. The molecular weight excluding hydrogens is 280 g/mol. The van der Waals surface area contributed by atoms with Crippen molar-refractivity contribution in [3.05, 3.63) is 29.8 Å². The van der Waals surface area contributed by atoms with Crippen molar-refractivity contribution in [2.45, 2.75) is 31.3 Å². The molecule has 1 amide bonds. The zero-order valence-electron chi connectivity index (χ0n) is 11.5. The van der Waals surface area contributed by atoms with Gasteiger partial charge in [-0.15, -0.1) is 0 Å². The van der Waals surface area contributed by atoms with Crippen LogP contribution in [-0.4, -0.2) is 62.5 Å². The van der Waals surface area contributed by atoms with Crippen LogP contribution in [0.5, 0.6) is 0 Å². The summed E-state index contributed by atoms with van der Waals surface area (Å²) in [5, 5.41) is 46.3. The van der Waals surface area contributed by atoms with Crippen molar-refractivity contribution in [3.63, 3.8) is 0 Å². The highest BCUT2D eigenvalue weighted by molar-refractivity contribution is 5.82. The van der Waals surface area contributed by atoms with E-state index in [4.69, 9.17) is 10.2 Å². The number of hydrogen-bond donors (Lipinski definition) is 7. The fourth-order valence-electron chi connectivity index (χ4n) is 1.52. The third-order valence-corrected chi connectivity index (χ3v) is 2.90. The Labute approximate surface area is 121 Å². The van der Waals surface area contributed by atoms with E-state index >= 15 is 0 Å². The van der Waals surface area contributed by atoms with Crippen molar-refractivity contribution in [3.8, 4) is 0 Å². The molecule has 1 rings (SSSR count). The largest absolute Gasteiger partial charge is 0.394 e. The number of benzene rings is 1. The second-order valence-corrected chi connectivity index (χ2v) is 4.66. The van der Waals surface area contributed by atoms with Crippen LogP contribution < -0.4 is 10.9 Å². The molecule has 0 aliphatic heterocycles. The Morgan fingerprint density at radius 3 is 2.19 bits per heavy atom. The summed E-state index contributed by atoms with van der Waals surface area (Å²) in [6.45, 7) is 1.09. The Kier molecular flexibility index (Phi) is 6.53. The molecule has 0 aliphatic rings. The highest BCUT2D eigenvalue weighted by Gasteiger charge is 2.34. The van der Waals surface area contributed by atoms with Gasteiger partial charge < -0.3 is 25.5 Å². The lowest BCUT2D eigenvalue weighted by molar-refractivity contribution is -0.148. The minimum absolute atomic E-state index is 0.562. The molecule has 1 aromatic rings. The van der Waals surface area contributed by atoms with Crippen molar-refractivity contribution in [1.29, 1.82) is 0 Å². The molecule has 21 heavy (non-hydrogen) atoms. The average Bonchev–Trinajstić information content (AvgIpc) is 2.50. The molecule has 0 aromatic heterocycles. The van der Waals surface area contributed by atoms with Crippen molar-refractivity contribution in [1.82, 2.24) is 5.43 Å². The molecule has 0 saturated heterocycles. The summed E-state index contributed by atoms with van der Waals surface area (Å²) >= 11 is 0. The first-order chi connectivity index (χ1) is 9.86. The van der Waals surface area contributed by atoms with Crippen LogP contribution in [-0.2, 0) is 4.79 Å². The predicted molar refractivity (Wildman–Crippen MR) is 74.1 cm³/mol. The Bertz CT molecular complexity index is 452. The van der Waals surface area contributed by atoms with E-state index in [2.05, 4.69) is 10.9 Å². The fraction of sp³-hybridized carbons (Fsp3) is 0.462. The van der Waals surface area contributed by atoms with Gasteiger partial charge in [-0.25, -0.2) is 0 Å². The first-order valence-electron chi connectivity index (χ1n) is 6.32. The topological polar surface area (TPSA) is 142 Å². The summed E-state index contributed by atoms with van der Waals surface area (Å²) in [4.78, 5) is 11.6. The van der Waals surface area contributed by atoms with Crippen molar-refractivity contribution < 1.29 is 30.3 Å². The number of rotatable bonds is 7. The maximum absolute atomic E-state index is 11.6. The van der Waals surface area contributed by atoms with Crippen LogP contribution >= 0.6 is 0 Å². The third-order valence-electron chi connectivity index (χ3n) is 2.90. The molecule has 0 aliphatic carbocycles. The van der Waals surface area contributed by atoms with Gasteiger partial charge in [0.25, 0.3) is 5.91 Å². The Morgan fingerprint density at radius 1 is 1.10 bits per heavy atom. The molecule has 0 radical (unpaired) electrons. The zero-order valence-corrected chi connectivity index (χ0v) is 11.5. The fourth-order valence-corrected chi connectivity index (χ4v) is 1.52. The molecule has 8 heteroatoms. The molecule has 8 nitrogen and oxygen atoms in total.